The van der Waals surface area contributed by atoms with E-state index in [-0.39, 0.29) is 24.0 Å². The maximum absolute atomic E-state index is 12.6. The van der Waals surface area contributed by atoms with Crippen LogP contribution in [0.25, 0.3) is 0 Å². The molecule has 1 aromatic carbocycles. The van der Waals surface area contributed by atoms with Gasteiger partial charge >= 0.3 is 0 Å². The van der Waals surface area contributed by atoms with E-state index in [4.69, 9.17) is 0 Å². The molecule has 122 valence electrons. The lowest BCUT2D eigenvalue weighted by Gasteiger charge is -2.27. The molecule has 1 saturated carbocycles. The summed E-state index contributed by atoms with van der Waals surface area (Å²) in [6, 6.07) is 12.1. The molecule has 0 bridgehead atoms. The van der Waals surface area contributed by atoms with Gasteiger partial charge in [0.1, 0.15) is 6.04 Å². The van der Waals surface area contributed by atoms with E-state index in [0.717, 1.165) is 18.4 Å². The zero-order chi connectivity index (χ0) is 16.2. The lowest BCUT2D eigenvalue weighted by atomic mass is 10.0. The number of aromatic nitrogens is 2. The van der Waals surface area contributed by atoms with E-state index in [2.05, 4.69) is 29.6 Å². The zero-order valence-corrected chi connectivity index (χ0v) is 13.6. The minimum Gasteiger partial charge on any atom is -0.352 e. The predicted molar refractivity (Wildman–Crippen MR) is 89.9 cm³/mol. The molecule has 5 nitrogen and oxygen atoms in total. The molecule has 3 atom stereocenters. The van der Waals surface area contributed by atoms with Crippen molar-refractivity contribution in [3.8, 4) is 0 Å². The van der Waals surface area contributed by atoms with Gasteiger partial charge in [0.2, 0.25) is 5.91 Å². The van der Waals surface area contributed by atoms with E-state index in [0.29, 0.717) is 6.04 Å². The Morgan fingerprint density at radius 3 is 2.57 bits per heavy atom. The summed E-state index contributed by atoms with van der Waals surface area (Å²) in [6.07, 6.45) is 5.90. The van der Waals surface area contributed by atoms with Crippen LogP contribution in [0, 0.1) is 0 Å². The fourth-order valence-electron chi connectivity index (χ4n) is 2.63. The third kappa shape index (κ3) is 3.99. The van der Waals surface area contributed by atoms with Crippen LogP contribution in [-0.2, 0) is 4.79 Å². The van der Waals surface area contributed by atoms with Crippen LogP contribution in [0.15, 0.2) is 48.8 Å². The monoisotopic (exact) mass is 312 g/mol. The van der Waals surface area contributed by atoms with Crippen LogP contribution in [0.4, 0.5) is 0 Å². The Morgan fingerprint density at radius 1 is 1.22 bits per heavy atom. The summed E-state index contributed by atoms with van der Waals surface area (Å²) in [4.78, 5) is 12.6. The van der Waals surface area contributed by atoms with Crippen molar-refractivity contribution < 1.29 is 4.79 Å². The second-order valence-electron chi connectivity index (χ2n) is 6.31. The van der Waals surface area contributed by atoms with Crippen molar-refractivity contribution in [1.29, 1.82) is 0 Å². The molecular weight excluding hydrogens is 288 g/mol. The highest BCUT2D eigenvalue weighted by molar-refractivity contribution is 5.83. The fourth-order valence-corrected chi connectivity index (χ4v) is 2.63. The number of rotatable bonds is 7. The number of nitrogens with zero attached hydrogens (tertiary/aromatic N) is 2. The van der Waals surface area contributed by atoms with Gasteiger partial charge in [0.05, 0.1) is 6.04 Å². The standard InChI is InChI=1S/C18H24N4O/c1-13(14(2)22-12-6-11-19-22)20-17(15-7-4-3-5-8-15)18(23)21-16-9-10-16/h3-8,11-14,16-17,20H,9-10H2,1-2H3,(H,21,23)/t13-,14+,17-/m0/s1. The van der Waals surface area contributed by atoms with Crippen LogP contribution >= 0.6 is 0 Å². The molecule has 0 spiro atoms. The molecule has 1 amide bonds. The normalized spacial score (nSPS) is 18.2. The van der Waals surface area contributed by atoms with Gasteiger partial charge < -0.3 is 5.32 Å². The van der Waals surface area contributed by atoms with Crippen molar-refractivity contribution in [3.05, 3.63) is 54.4 Å². The van der Waals surface area contributed by atoms with Gasteiger partial charge in [-0.05, 0) is 38.3 Å². The summed E-state index contributed by atoms with van der Waals surface area (Å²) in [5.74, 6) is 0.0539. The zero-order valence-electron chi connectivity index (χ0n) is 13.6. The Hall–Kier alpha value is -2.14. The van der Waals surface area contributed by atoms with Crippen molar-refractivity contribution in [2.24, 2.45) is 0 Å². The highest BCUT2D eigenvalue weighted by Gasteiger charge is 2.30. The molecule has 3 rings (SSSR count). The number of hydrogen-bond donors (Lipinski definition) is 2. The molecule has 1 aliphatic carbocycles. The Labute approximate surface area is 137 Å². The van der Waals surface area contributed by atoms with Gasteiger partial charge in [-0.15, -0.1) is 0 Å². The minimum atomic E-state index is -0.343. The van der Waals surface area contributed by atoms with Gasteiger partial charge in [0.25, 0.3) is 0 Å². The van der Waals surface area contributed by atoms with Crippen molar-refractivity contribution in [2.75, 3.05) is 0 Å². The molecule has 1 aromatic heterocycles. The molecule has 23 heavy (non-hydrogen) atoms. The fraction of sp³-hybridized carbons (Fsp3) is 0.444. The maximum Gasteiger partial charge on any atom is 0.241 e. The van der Waals surface area contributed by atoms with Crippen molar-refractivity contribution in [3.63, 3.8) is 0 Å². The number of carbonyl (C=O) groups excluding carboxylic acids is 1. The molecule has 1 fully saturated rings. The Balaban J connectivity index is 1.73. The summed E-state index contributed by atoms with van der Waals surface area (Å²) in [7, 11) is 0. The third-order valence-corrected chi connectivity index (χ3v) is 4.41. The average Bonchev–Trinajstić information content (AvgIpc) is 3.21. The molecule has 0 radical (unpaired) electrons. The van der Waals surface area contributed by atoms with Gasteiger partial charge in [-0.2, -0.15) is 5.10 Å². The first-order valence-corrected chi connectivity index (χ1v) is 8.25. The van der Waals surface area contributed by atoms with Gasteiger partial charge in [0.15, 0.2) is 0 Å². The molecular formula is C18H24N4O. The first-order valence-electron chi connectivity index (χ1n) is 8.25. The van der Waals surface area contributed by atoms with Gasteiger partial charge in [-0.1, -0.05) is 30.3 Å². The lowest BCUT2D eigenvalue weighted by molar-refractivity contribution is -0.123. The number of carbonyl (C=O) groups is 1. The molecule has 2 N–H and O–H groups in total. The van der Waals surface area contributed by atoms with Gasteiger partial charge in [-0.3, -0.25) is 14.8 Å². The number of benzene rings is 1. The molecule has 1 aliphatic rings. The number of hydrogen-bond acceptors (Lipinski definition) is 3. The average molecular weight is 312 g/mol. The second-order valence-corrected chi connectivity index (χ2v) is 6.31. The van der Waals surface area contributed by atoms with Crippen LogP contribution < -0.4 is 10.6 Å². The molecule has 0 unspecified atom stereocenters. The Bertz CT molecular complexity index is 622. The highest BCUT2D eigenvalue weighted by Crippen LogP contribution is 2.22. The number of nitrogens with one attached hydrogen (secondary N) is 2. The van der Waals surface area contributed by atoms with Crippen LogP contribution in [0.1, 0.15) is 44.3 Å². The highest BCUT2D eigenvalue weighted by atomic mass is 16.2. The predicted octanol–water partition coefficient (Wildman–Crippen LogP) is 2.44. The summed E-state index contributed by atoms with van der Waals surface area (Å²) >= 11 is 0. The summed E-state index contributed by atoms with van der Waals surface area (Å²) < 4.78 is 1.92. The van der Waals surface area contributed by atoms with E-state index in [1.807, 2.05) is 47.3 Å². The topological polar surface area (TPSA) is 59.0 Å². The van der Waals surface area contributed by atoms with Crippen LogP contribution in [0.3, 0.4) is 0 Å². The van der Waals surface area contributed by atoms with E-state index >= 15 is 0 Å². The van der Waals surface area contributed by atoms with E-state index in [1.54, 1.807) is 6.20 Å². The largest absolute Gasteiger partial charge is 0.352 e. The Kier molecular flexibility index (Phi) is 4.76. The van der Waals surface area contributed by atoms with E-state index in [1.165, 1.54) is 0 Å². The van der Waals surface area contributed by atoms with Gasteiger partial charge in [-0.25, -0.2) is 0 Å². The van der Waals surface area contributed by atoms with E-state index in [9.17, 15) is 4.79 Å². The summed E-state index contributed by atoms with van der Waals surface area (Å²) in [6.45, 7) is 4.19. The summed E-state index contributed by atoms with van der Waals surface area (Å²) in [5, 5.41) is 10.9. The second kappa shape index (κ2) is 6.96. The van der Waals surface area contributed by atoms with Crippen molar-refractivity contribution in [2.45, 2.75) is 50.9 Å². The lowest BCUT2D eigenvalue weighted by Crippen LogP contribution is -2.44. The van der Waals surface area contributed by atoms with Crippen LogP contribution in [-0.4, -0.2) is 27.8 Å². The van der Waals surface area contributed by atoms with E-state index < -0.39 is 0 Å². The Morgan fingerprint density at radius 2 is 1.96 bits per heavy atom. The molecule has 0 saturated heterocycles. The SMILES string of the molecule is C[C@H](N[C@H](C(=O)NC1CC1)c1ccccc1)[C@@H](C)n1cccn1. The minimum absolute atomic E-state index is 0.0539. The van der Waals surface area contributed by atoms with Crippen molar-refractivity contribution >= 4 is 5.91 Å². The van der Waals surface area contributed by atoms with Crippen LogP contribution in [0.5, 0.6) is 0 Å². The first-order chi connectivity index (χ1) is 11.1. The maximum atomic E-state index is 12.6. The molecule has 0 aliphatic heterocycles. The quantitative estimate of drug-likeness (QED) is 0.825. The summed E-state index contributed by atoms with van der Waals surface area (Å²) in [5.41, 5.74) is 0.991. The van der Waals surface area contributed by atoms with Gasteiger partial charge in [0, 0.05) is 24.5 Å². The third-order valence-electron chi connectivity index (χ3n) is 4.41. The molecule has 2 aromatic rings. The first kappa shape index (κ1) is 15.7. The van der Waals surface area contributed by atoms with Crippen LogP contribution in [0.2, 0.25) is 0 Å². The number of amides is 1. The van der Waals surface area contributed by atoms with Crippen molar-refractivity contribution in [1.82, 2.24) is 20.4 Å². The molecule has 1 heterocycles. The smallest absolute Gasteiger partial charge is 0.241 e. The molecule has 5 heteroatoms.